The number of aromatic nitrogens is 5. The predicted molar refractivity (Wildman–Crippen MR) is 139 cm³/mol. The molecular weight excluding hydrogens is 535 g/mol. The number of aryl methyl sites for hydroxylation is 1. The van der Waals surface area contributed by atoms with Gasteiger partial charge in [0.05, 0.1) is 33.2 Å². The molecule has 0 bridgehead atoms. The lowest BCUT2D eigenvalue weighted by Gasteiger charge is -2.12. The number of carboxylic acids is 1. The lowest BCUT2D eigenvalue weighted by Crippen LogP contribution is -2.21. The van der Waals surface area contributed by atoms with E-state index in [0.717, 1.165) is 22.8 Å². The molecule has 0 atom stereocenters. The molecule has 3 N–H and O–H groups in total. The van der Waals surface area contributed by atoms with Gasteiger partial charge in [0.25, 0.3) is 0 Å². The first kappa shape index (κ1) is 29.5. The molecule has 1 aromatic carbocycles. The molecule has 0 amide bonds. The Morgan fingerprint density at radius 1 is 0.950 bits per heavy atom. The van der Waals surface area contributed by atoms with Crippen LogP contribution >= 0.6 is 0 Å². The quantitative estimate of drug-likeness (QED) is 0.272. The molecule has 3 heterocycles. The van der Waals surface area contributed by atoms with Crippen molar-refractivity contribution in [2.24, 2.45) is 0 Å². The van der Waals surface area contributed by atoms with Crippen LogP contribution in [0.1, 0.15) is 11.3 Å². The summed E-state index contributed by atoms with van der Waals surface area (Å²) in [4.78, 5) is 22.3. The number of alkyl halides is 3. The van der Waals surface area contributed by atoms with Crippen LogP contribution in [-0.2, 0) is 4.79 Å². The molecule has 0 radical (unpaired) electrons. The van der Waals surface area contributed by atoms with Crippen LogP contribution in [0.25, 0.3) is 5.82 Å². The largest absolute Gasteiger partial charge is 0.495 e. The number of carboxylic acid groups (broad SMARTS) is 1. The molecule has 12 nitrogen and oxygen atoms in total. The van der Waals surface area contributed by atoms with E-state index in [1.807, 2.05) is 44.2 Å². The van der Waals surface area contributed by atoms with Crippen LogP contribution in [0.5, 0.6) is 17.2 Å². The van der Waals surface area contributed by atoms with Gasteiger partial charge in [-0.25, -0.2) is 14.8 Å². The lowest BCUT2D eigenvalue weighted by molar-refractivity contribution is -0.192. The van der Waals surface area contributed by atoms with E-state index in [0.29, 0.717) is 34.8 Å². The average molecular weight is 562 g/mol. The summed E-state index contributed by atoms with van der Waals surface area (Å²) in [7, 11) is 4.79. The summed E-state index contributed by atoms with van der Waals surface area (Å²) in [5, 5.41) is 18.3. The lowest BCUT2D eigenvalue weighted by atomic mass is 10.2. The minimum Gasteiger partial charge on any atom is -0.495 e. The predicted octanol–water partition coefficient (Wildman–Crippen LogP) is 4.82. The summed E-state index contributed by atoms with van der Waals surface area (Å²) < 4.78 is 49.3. The van der Waals surface area contributed by atoms with Crippen LogP contribution in [-0.4, -0.2) is 63.3 Å². The van der Waals surface area contributed by atoms with Gasteiger partial charge in [-0.2, -0.15) is 27.9 Å². The number of halogens is 3. The summed E-state index contributed by atoms with van der Waals surface area (Å²) in [5.74, 6) is 1.63. The highest BCUT2D eigenvalue weighted by Gasteiger charge is 2.38. The van der Waals surface area contributed by atoms with Crippen LogP contribution in [0.3, 0.4) is 0 Å². The number of rotatable bonds is 8. The molecule has 0 saturated carbocycles. The standard InChI is InChI=1S/C23H25N7O3.C2HF3O2/c1-14-15(2)29-30(21-9-7-17(31-3)13-25-21)22(14)27-20-10-11-24-23(28-20)26-16-6-8-18(32-4)19(12-16)33-5;3-2(4,5)1(6)7/h6-13H,1-5H3,(H2,24,26,27,28);(H,6,7). The smallest absolute Gasteiger partial charge is 0.490 e. The number of methoxy groups -OCH3 is 3. The fourth-order valence-corrected chi connectivity index (χ4v) is 3.19. The third kappa shape index (κ3) is 7.27. The third-order valence-electron chi connectivity index (χ3n) is 5.32. The maximum Gasteiger partial charge on any atom is 0.490 e. The zero-order valence-corrected chi connectivity index (χ0v) is 22.1. The first-order valence-electron chi connectivity index (χ1n) is 11.4. The Morgan fingerprint density at radius 2 is 1.65 bits per heavy atom. The van der Waals surface area contributed by atoms with Crippen molar-refractivity contribution >= 4 is 29.2 Å². The fourth-order valence-electron chi connectivity index (χ4n) is 3.19. The number of anilines is 4. The molecule has 0 aliphatic rings. The van der Waals surface area contributed by atoms with Gasteiger partial charge in [-0.05, 0) is 44.2 Å². The van der Waals surface area contributed by atoms with E-state index in [2.05, 4.69) is 30.7 Å². The van der Waals surface area contributed by atoms with Crippen LogP contribution < -0.4 is 24.8 Å². The second-order valence-electron chi connectivity index (χ2n) is 7.92. The summed E-state index contributed by atoms with van der Waals surface area (Å²) in [6.45, 7) is 3.94. The number of benzene rings is 1. The molecule has 0 unspecified atom stereocenters. The van der Waals surface area contributed by atoms with E-state index in [4.69, 9.17) is 24.1 Å². The number of carbonyl (C=O) groups is 1. The van der Waals surface area contributed by atoms with Crippen molar-refractivity contribution in [3.8, 4) is 23.1 Å². The molecule has 15 heteroatoms. The molecule has 212 valence electrons. The Balaban J connectivity index is 0.000000559. The van der Waals surface area contributed by atoms with Gasteiger partial charge in [0.1, 0.15) is 17.4 Å². The normalized spacial score (nSPS) is 10.7. The Labute approximate surface area is 226 Å². The van der Waals surface area contributed by atoms with Crippen molar-refractivity contribution in [1.82, 2.24) is 24.7 Å². The summed E-state index contributed by atoms with van der Waals surface area (Å²) in [5.41, 5.74) is 2.64. The molecule has 0 saturated heterocycles. The van der Waals surface area contributed by atoms with Gasteiger partial charge >= 0.3 is 12.1 Å². The summed E-state index contributed by atoms with van der Waals surface area (Å²) >= 11 is 0. The van der Waals surface area contributed by atoms with Crippen molar-refractivity contribution in [3.05, 3.63) is 60.0 Å². The SMILES string of the molecule is COc1ccc(-n2nc(C)c(C)c2Nc2ccnc(Nc3ccc(OC)c(OC)c3)n2)nc1.O=C(O)C(F)(F)F. The van der Waals surface area contributed by atoms with Gasteiger partial charge in [0.2, 0.25) is 5.95 Å². The van der Waals surface area contributed by atoms with E-state index in [9.17, 15) is 13.2 Å². The molecule has 40 heavy (non-hydrogen) atoms. The minimum absolute atomic E-state index is 0.426. The van der Waals surface area contributed by atoms with Crippen LogP contribution in [0.15, 0.2) is 48.8 Å². The minimum atomic E-state index is -5.08. The summed E-state index contributed by atoms with van der Waals surface area (Å²) in [6, 6.07) is 11.0. The number of hydrogen-bond acceptors (Lipinski definition) is 10. The second-order valence-corrected chi connectivity index (χ2v) is 7.92. The Bertz CT molecular complexity index is 1460. The number of aliphatic carboxylic acids is 1. The molecular formula is C25H26F3N7O5. The Hall–Kier alpha value is -5.08. The highest BCUT2D eigenvalue weighted by molar-refractivity contribution is 5.73. The number of hydrogen-bond donors (Lipinski definition) is 3. The first-order chi connectivity index (χ1) is 19.0. The Morgan fingerprint density at radius 3 is 2.23 bits per heavy atom. The van der Waals surface area contributed by atoms with E-state index in [-0.39, 0.29) is 0 Å². The molecule has 4 aromatic rings. The van der Waals surface area contributed by atoms with Crippen molar-refractivity contribution in [2.45, 2.75) is 20.0 Å². The number of pyridine rings is 1. The van der Waals surface area contributed by atoms with E-state index < -0.39 is 12.1 Å². The van der Waals surface area contributed by atoms with E-state index in [1.165, 1.54) is 0 Å². The molecule has 4 rings (SSSR count). The highest BCUT2D eigenvalue weighted by Crippen LogP contribution is 2.31. The number of ether oxygens (including phenoxy) is 3. The van der Waals surface area contributed by atoms with Gasteiger partial charge in [-0.15, -0.1) is 0 Å². The topological polar surface area (TPSA) is 146 Å². The van der Waals surface area contributed by atoms with Crippen molar-refractivity contribution < 1.29 is 37.3 Å². The monoisotopic (exact) mass is 561 g/mol. The average Bonchev–Trinajstić information content (AvgIpc) is 3.21. The van der Waals surface area contributed by atoms with Gasteiger partial charge in [0.15, 0.2) is 17.3 Å². The van der Waals surface area contributed by atoms with Crippen molar-refractivity contribution in [1.29, 1.82) is 0 Å². The van der Waals surface area contributed by atoms with Gasteiger partial charge in [-0.1, -0.05) is 0 Å². The maximum atomic E-state index is 10.6. The maximum absolute atomic E-state index is 10.6. The first-order valence-corrected chi connectivity index (χ1v) is 11.4. The fraction of sp³-hybridized carbons (Fsp3) is 0.240. The second kappa shape index (κ2) is 12.6. The van der Waals surface area contributed by atoms with E-state index >= 15 is 0 Å². The highest BCUT2D eigenvalue weighted by atomic mass is 19.4. The molecule has 0 aliphatic heterocycles. The number of nitrogens with zero attached hydrogens (tertiary/aromatic N) is 5. The zero-order chi connectivity index (χ0) is 29.4. The van der Waals surface area contributed by atoms with Gasteiger partial charge < -0.3 is 30.0 Å². The van der Waals surface area contributed by atoms with Crippen LogP contribution in [0, 0.1) is 13.8 Å². The van der Waals surface area contributed by atoms with Crippen molar-refractivity contribution in [3.63, 3.8) is 0 Å². The zero-order valence-electron chi connectivity index (χ0n) is 22.1. The van der Waals surface area contributed by atoms with Gasteiger partial charge in [-0.3, -0.25) is 0 Å². The van der Waals surface area contributed by atoms with Crippen molar-refractivity contribution in [2.75, 3.05) is 32.0 Å². The van der Waals surface area contributed by atoms with Gasteiger partial charge in [0, 0.05) is 23.5 Å². The summed E-state index contributed by atoms with van der Waals surface area (Å²) in [6.07, 6.45) is -1.76. The number of nitrogens with one attached hydrogen (secondary N) is 2. The van der Waals surface area contributed by atoms with Crippen LogP contribution in [0.4, 0.5) is 36.4 Å². The third-order valence-corrected chi connectivity index (χ3v) is 5.32. The molecule has 0 aliphatic carbocycles. The molecule has 0 spiro atoms. The van der Waals surface area contributed by atoms with E-state index in [1.54, 1.807) is 44.5 Å². The Kier molecular flexibility index (Phi) is 9.32. The molecule has 0 fully saturated rings. The molecule has 3 aromatic heterocycles. The van der Waals surface area contributed by atoms with Crippen LogP contribution in [0.2, 0.25) is 0 Å².